The number of hydrogen-bond acceptors (Lipinski definition) is 1. The normalized spacial score (nSPS) is 16.5. The van der Waals surface area contributed by atoms with Gasteiger partial charge < -0.3 is 0 Å². The maximum absolute atomic E-state index is 2.58. The minimum Gasteiger partial charge on any atom is -0.298 e. The van der Waals surface area contributed by atoms with E-state index >= 15 is 0 Å². The predicted molar refractivity (Wildman–Crippen MR) is 56.5 cm³/mol. The van der Waals surface area contributed by atoms with Gasteiger partial charge in [0.05, 0.1) is 0 Å². The highest BCUT2D eigenvalue weighted by Gasteiger charge is 2.26. The van der Waals surface area contributed by atoms with Crippen LogP contribution in [0.25, 0.3) is 0 Å². The molecule has 1 heteroatoms. The van der Waals surface area contributed by atoms with Crippen molar-refractivity contribution in [3.05, 3.63) is 0 Å². The molecule has 0 bridgehead atoms. The summed E-state index contributed by atoms with van der Waals surface area (Å²) in [5.74, 6) is 0. The summed E-state index contributed by atoms with van der Waals surface area (Å²) in [5.41, 5.74) is 0.443. The summed E-state index contributed by atoms with van der Waals surface area (Å²) in [5, 5.41) is 0. The van der Waals surface area contributed by atoms with Gasteiger partial charge >= 0.3 is 0 Å². The van der Waals surface area contributed by atoms with Crippen molar-refractivity contribution in [2.75, 3.05) is 13.1 Å². The van der Waals surface area contributed by atoms with Gasteiger partial charge in [-0.1, -0.05) is 34.1 Å². The van der Waals surface area contributed by atoms with Gasteiger partial charge in [0.2, 0.25) is 0 Å². The molecule has 0 radical (unpaired) electrons. The Bertz CT molecular complexity index is 108. The fourth-order valence-corrected chi connectivity index (χ4v) is 2.08. The Kier molecular flexibility index (Phi) is 5.56. The number of hydrogen-bond donors (Lipinski definition) is 0. The Morgan fingerprint density at radius 3 is 1.75 bits per heavy atom. The maximum atomic E-state index is 2.58. The van der Waals surface area contributed by atoms with Crippen LogP contribution in [0.15, 0.2) is 0 Å². The molecule has 0 aromatic rings. The van der Waals surface area contributed by atoms with Crippen LogP contribution in [-0.4, -0.2) is 23.5 Å². The van der Waals surface area contributed by atoms with Gasteiger partial charge in [0.15, 0.2) is 0 Å². The summed E-state index contributed by atoms with van der Waals surface area (Å²) < 4.78 is 0. The van der Waals surface area contributed by atoms with Gasteiger partial charge in [0.25, 0.3) is 0 Å². The van der Waals surface area contributed by atoms with Crippen LogP contribution in [0.3, 0.4) is 0 Å². The van der Waals surface area contributed by atoms with Crippen molar-refractivity contribution in [1.29, 1.82) is 0 Å². The molecule has 74 valence electrons. The average molecular weight is 171 g/mol. The molecular weight excluding hydrogens is 146 g/mol. The van der Waals surface area contributed by atoms with Crippen molar-refractivity contribution < 1.29 is 0 Å². The molecule has 0 aliphatic rings. The second-order valence-electron chi connectivity index (χ2n) is 3.77. The van der Waals surface area contributed by atoms with Gasteiger partial charge in [-0.2, -0.15) is 0 Å². The molecule has 0 amide bonds. The second-order valence-corrected chi connectivity index (χ2v) is 3.77. The number of rotatable bonds is 6. The summed E-state index contributed by atoms with van der Waals surface area (Å²) in [6, 6.07) is 0. The van der Waals surface area contributed by atoms with Crippen molar-refractivity contribution >= 4 is 0 Å². The van der Waals surface area contributed by atoms with E-state index in [0.29, 0.717) is 5.54 Å². The van der Waals surface area contributed by atoms with E-state index in [9.17, 15) is 0 Å². The lowest BCUT2D eigenvalue weighted by Gasteiger charge is -2.39. The molecule has 0 aliphatic heterocycles. The van der Waals surface area contributed by atoms with Gasteiger partial charge in [-0.25, -0.2) is 0 Å². The standard InChI is InChI=1S/C11H25N/c1-6-10-11(5,7-2)12(8-3)9-4/h6-10H2,1-5H3. The minimum absolute atomic E-state index is 0.443. The van der Waals surface area contributed by atoms with Crippen LogP contribution in [0, 0.1) is 0 Å². The minimum atomic E-state index is 0.443. The lowest BCUT2D eigenvalue weighted by molar-refractivity contribution is 0.102. The molecule has 1 unspecified atom stereocenters. The summed E-state index contributed by atoms with van der Waals surface area (Å²) in [6.07, 6.45) is 3.88. The average Bonchev–Trinajstić information content (AvgIpc) is 2.07. The van der Waals surface area contributed by atoms with E-state index in [-0.39, 0.29) is 0 Å². The quantitative estimate of drug-likeness (QED) is 0.592. The fourth-order valence-electron chi connectivity index (χ4n) is 2.08. The first-order valence-electron chi connectivity index (χ1n) is 5.39. The number of nitrogens with zero attached hydrogens (tertiary/aromatic N) is 1. The molecular formula is C11H25N. The molecule has 1 nitrogen and oxygen atoms in total. The second kappa shape index (κ2) is 5.58. The van der Waals surface area contributed by atoms with E-state index in [1.165, 1.54) is 32.4 Å². The van der Waals surface area contributed by atoms with E-state index in [4.69, 9.17) is 0 Å². The molecule has 0 fully saturated rings. The third kappa shape index (κ3) is 2.78. The highest BCUT2D eigenvalue weighted by atomic mass is 15.2. The third-order valence-corrected chi connectivity index (χ3v) is 3.08. The highest BCUT2D eigenvalue weighted by molar-refractivity contribution is 4.83. The van der Waals surface area contributed by atoms with Crippen LogP contribution in [0.2, 0.25) is 0 Å². The lowest BCUT2D eigenvalue weighted by Crippen LogP contribution is -2.45. The van der Waals surface area contributed by atoms with Crippen LogP contribution < -0.4 is 0 Å². The van der Waals surface area contributed by atoms with Gasteiger partial charge in [-0.15, -0.1) is 0 Å². The van der Waals surface area contributed by atoms with Crippen molar-refractivity contribution in [1.82, 2.24) is 4.90 Å². The predicted octanol–water partition coefficient (Wildman–Crippen LogP) is 3.30. The summed E-state index contributed by atoms with van der Waals surface area (Å²) in [6.45, 7) is 13.8. The Morgan fingerprint density at radius 2 is 1.50 bits per heavy atom. The Hall–Kier alpha value is -0.0400. The van der Waals surface area contributed by atoms with E-state index in [1.54, 1.807) is 0 Å². The van der Waals surface area contributed by atoms with Crippen LogP contribution in [0.1, 0.15) is 53.9 Å². The molecule has 0 saturated carbocycles. The molecule has 0 aromatic carbocycles. The molecule has 0 heterocycles. The van der Waals surface area contributed by atoms with Gasteiger partial charge in [0, 0.05) is 5.54 Å². The molecule has 0 aliphatic carbocycles. The van der Waals surface area contributed by atoms with Crippen molar-refractivity contribution in [3.63, 3.8) is 0 Å². The Labute approximate surface area is 78.1 Å². The van der Waals surface area contributed by atoms with E-state index in [0.717, 1.165) is 0 Å². The topological polar surface area (TPSA) is 3.24 Å². The zero-order chi connectivity index (χ0) is 9.61. The molecule has 12 heavy (non-hydrogen) atoms. The monoisotopic (exact) mass is 171 g/mol. The van der Waals surface area contributed by atoms with E-state index in [1.807, 2.05) is 0 Å². The van der Waals surface area contributed by atoms with Crippen LogP contribution in [0.4, 0.5) is 0 Å². The van der Waals surface area contributed by atoms with Crippen LogP contribution in [-0.2, 0) is 0 Å². The van der Waals surface area contributed by atoms with Crippen LogP contribution >= 0.6 is 0 Å². The summed E-state index contributed by atoms with van der Waals surface area (Å²) >= 11 is 0. The van der Waals surface area contributed by atoms with E-state index < -0.39 is 0 Å². The largest absolute Gasteiger partial charge is 0.298 e. The Morgan fingerprint density at radius 1 is 1.00 bits per heavy atom. The molecule has 0 N–H and O–H groups in total. The van der Waals surface area contributed by atoms with Crippen molar-refractivity contribution in [2.45, 2.75) is 59.4 Å². The first kappa shape index (κ1) is 12.0. The smallest absolute Gasteiger partial charge is 0.0178 e. The third-order valence-electron chi connectivity index (χ3n) is 3.08. The fraction of sp³-hybridized carbons (Fsp3) is 1.00. The lowest BCUT2D eigenvalue weighted by atomic mass is 9.91. The summed E-state index contributed by atoms with van der Waals surface area (Å²) in [4.78, 5) is 2.58. The highest BCUT2D eigenvalue weighted by Crippen LogP contribution is 2.24. The molecule has 0 aromatic heterocycles. The maximum Gasteiger partial charge on any atom is 0.0178 e. The van der Waals surface area contributed by atoms with Gasteiger partial charge in [-0.3, -0.25) is 4.90 Å². The Balaban J connectivity index is 4.24. The van der Waals surface area contributed by atoms with Gasteiger partial charge in [-0.05, 0) is 32.9 Å². The van der Waals surface area contributed by atoms with Gasteiger partial charge in [0.1, 0.15) is 0 Å². The molecule has 0 rings (SSSR count). The molecule has 0 spiro atoms. The van der Waals surface area contributed by atoms with Crippen LogP contribution in [0.5, 0.6) is 0 Å². The van der Waals surface area contributed by atoms with Crippen molar-refractivity contribution in [3.8, 4) is 0 Å². The van der Waals surface area contributed by atoms with E-state index in [2.05, 4.69) is 39.5 Å². The van der Waals surface area contributed by atoms with Crippen molar-refractivity contribution in [2.24, 2.45) is 0 Å². The molecule has 1 atom stereocenters. The first-order chi connectivity index (χ1) is 5.64. The molecule has 0 saturated heterocycles. The zero-order valence-electron chi connectivity index (χ0n) is 9.48. The summed E-state index contributed by atoms with van der Waals surface area (Å²) in [7, 11) is 0. The zero-order valence-corrected chi connectivity index (χ0v) is 9.48. The first-order valence-corrected chi connectivity index (χ1v) is 5.39. The SMILES string of the molecule is CCCC(C)(CC)N(CC)CC.